The van der Waals surface area contributed by atoms with Crippen molar-refractivity contribution >= 4 is 5.69 Å². The van der Waals surface area contributed by atoms with Crippen LogP contribution in [0.2, 0.25) is 0 Å². The number of rotatable bonds is 2. The van der Waals surface area contributed by atoms with Gasteiger partial charge in [-0.15, -0.1) is 0 Å². The molecule has 0 bridgehead atoms. The summed E-state index contributed by atoms with van der Waals surface area (Å²) in [6, 6.07) is -0.379. The van der Waals surface area contributed by atoms with Crippen molar-refractivity contribution in [1.82, 2.24) is 0 Å². The quantitative estimate of drug-likeness (QED) is 0.510. The van der Waals surface area contributed by atoms with Crippen LogP contribution in [0.1, 0.15) is 19.3 Å². The highest BCUT2D eigenvalue weighted by Crippen LogP contribution is 2.28. The first kappa shape index (κ1) is 14.0. The van der Waals surface area contributed by atoms with Crippen molar-refractivity contribution in [3.05, 3.63) is 29.1 Å². The average molecular weight is 281 g/mol. The Balaban J connectivity index is 2.29. The molecular weight excluding hydrogens is 269 g/mol. The second-order valence-corrected chi connectivity index (χ2v) is 4.33. The van der Waals surface area contributed by atoms with Crippen LogP contribution < -0.4 is 5.32 Å². The molecular formula is C12H12F5NO. The highest BCUT2D eigenvalue weighted by molar-refractivity contribution is 5.48. The van der Waals surface area contributed by atoms with Gasteiger partial charge >= 0.3 is 0 Å². The Labute approximate surface area is 106 Å². The van der Waals surface area contributed by atoms with E-state index in [-0.39, 0.29) is 6.04 Å². The van der Waals surface area contributed by atoms with Gasteiger partial charge in [0.2, 0.25) is 5.82 Å². The standard InChI is InChI=1S/C12H12F5NO/c13-7-8(14)10(16)12(11(17)9(7)15)18-6-2-1-4-19-5-3-6/h6,18H,1-5H2. The van der Waals surface area contributed by atoms with Gasteiger partial charge in [0.1, 0.15) is 5.69 Å². The second kappa shape index (κ2) is 5.73. The van der Waals surface area contributed by atoms with Crippen LogP contribution in [0.3, 0.4) is 0 Å². The van der Waals surface area contributed by atoms with E-state index in [1.54, 1.807) is 0 Å². The molecule has 0 aliphatic carbocycles. The zero-order valence-corrected chi connectivity index (χ0v) is 9.91. The van der Waals surface area contributed by atoms with Gasteiger partial charge in [0.15, 0.2) is 23.3 Å². The zero-order valence-electron chi connectivity index (χ0n) is 9.91. The topological polar surface area (TPSA) is 21.3 Å². The largest absolute Gasteiger partial charge is 0.381 e. The molecule has 1 aliphatic rings. The first-order valence-corrected chi connectivity index (χ1v) is 5.88. The molecule has 2 rings (SSSR count). The number of halogens is 5. The van der Waals surface area contributed by atoms with E-state index in [2.05, 4.69) is 5.32 Å². The molecule has 1 aromatic carbocycles. The third-order valence-corrected chi connectivity index (χ3v) is 3.01. The maximum absolute atomic E-state index is 13.4. The molecule has 1 aliphatic heterocycles. The van der Waals surface area contributed by atoms with Crippen molar-refractivity contribution in [3.8, 4) is 0 Å². The monoisotopic (exact) mass is 281 g/mol. The van der Waals surface area contributed by atoms with Gasteiger partial charge in [-0.3, -0.25) is 0 Å². The molecule has 106 valence electrons. The van der Waals surface area contributed by atoms with Gasteiger partial charge in [0, 0.05) is 19.3 Å². The van der Waals surface area contributed by atoms with E-state index in [4.69, 9.17) is 4.74 Å². The lowest BCUT2D eigenvalue weighted by Gasteiger charge is -2.18. The van der Waals surface area contributed by atoms with Gasteiger partial charge in [-0.05, 0) is 19.3 Å². The van der Waals surface area contributed by atoms with E-state index in [1.807, 2.05) is 0 Å². The lowest BCUT2D eigenvalue weighted by atomic mass is 10.1. The number of anilines is 1. The predicted octanol–water partition coefficient (Wildman–Crippen LogP) is 3.36. The predicted molar refractivity (Wildman–Crippen MR) is 58.3 cm³/mol. The number of nitrogens with one attached hydrogen (secondary N) is 1. The van der Waals surface area contributed by atoms with Gasteiger partial charge in [0.05, 0.1) is 0 Å². The molecule has 1 fully saturated rings. The minimum atomic E-state index is -2.15. The van der Waals surface area contributed by atoms with Gasteiger partial charge < -0.3 is 10.1 Å². The van der Waals surface area contributed by atoms with E-state index in [0.29, 0.717) is 32.5 Å². The van der Waals surface area contributed by atoms with Crippen LogP contribution >= 0.6 is 0 Å². The van der Waals surface area contributed by atoms with Crippen molar-refractivity contribution in [1.29, 1.82) is 0 Å². The molecule has 0 amide bonds. The van der Waals surface area contributed by atoms with Crippen LogP contribution in [-0.2, 0) is 4.74 Å². The fourth-order valence-electron chi connectivity index (χ4n) is 1.98. The summed E-state index contributed by atoms with van der Waals surface area (Å²) in [4.78, 5) is 0. The molecule has 19 heavy (non-hydrogen) atoms. The number of hydrogen-bond acceptors (Lipinski definition) is 2. The summed E-state index contributed by atoms with van der Waals surface area (Å²) in [6.07, 6.45) is 1.64. The lowest BCUT2D eigenvalue weighted by Crippen LogP contribution is -2.22. The summed E-state index contributed by atoms with van der Waals surface area (Å²) < 4.78 is 70.9. The Morgan fingerprint density at radius 2 is 1.37 bits per heavy atom. The summed E-state index contributed by atoms with van der Waals surface area (Å²) in [6.45, 7) is 0.905. The summed E-state index contributed by atoms with van der Waals surface area (Å²) in [5, 5.41) is 2.39. The van der Waals surface area contributed by atoms with Crippen molar-refractivity contribution < 1.29 is 26.7 Å². The van der Waals surface area contributed by atoms with E-state index in [1.165, 1.54) is 0 Å². The minimum Gasteiger partial charge on any atom is -0.381 e. The van der Waals surface area contributed by atoms with Crippen LogP contribution in [0, 0.1) is 29.1 Å². The molecule has 0 radical (unpaired) electrons. The van der Waals surface area contributed by atoms with Gasteiger partial charge in [0.25, 0.3) is 0 Å². The Hall–Kier alpha value is -1.37. The van der Waals surface area contributed by atoms with Crippen molar-refractivity contribution in [2.24, 2.45) is 0 Å². The van der Waals surface area contributed by atoms with Crippen molar-refractivity contribution in [2.75, 3.05) is 18.5 Å². The number of ether oxygens (including phenoxy) is 1. The van der Waals surface area contributed by atoms with Crippen molar-refractivity contribution in [3.63, 3.8) is 0 Å². The first-order valence-electron chi connectivity index (χ1n) is 5.88. The van der Waals surface area contributed by atoms with Crippen LogP contribution in [0.25, 0.3) is 0 Å². The molecule has 0 aromatic heterocycles. The summed E-state index contributed by atoms with van der Waals surface area (Å²) in [5.41, 5.74) is -0.969. The van der Waals surface area contributed by atoms with Gasteiger partial charge in [-0.25, -0.2) is 22.0 Å². The fraction of sp³-hybridized carbons (Fsp3) is 0.500. The summed E-state index contributed by atoms with van der Waals surface area (Å²) in [7, 11) is 0. The third-order valence-electron chi connectivity index (χ3n) is 3.01. The van der Waals surface area contributed by atoms with E-state index >= 15 is 0 Å². The maximum Gasteiger partial charge on any atom is 0.200 e. The molecule has 0 spiro atoms. The molecule has 1 heterocycles. The first-order chi connectivity index (χ1) is 9.02. The second-order valence-electron chi connectivity index (χ2n) is 4.33. The lowest BCUT2D eigenvalue weighted by molar-refractivity contribution is 0.144. The molecule has 2 nitrogen and oxygen atoms in total. The molecule has 0 saturated carbocycles. The van der Waals surface area contributed by atoms with Crippen LogP contribution in [0.15, 0.2) is 0 Å². The Kier molecular flexibility index (Phi) is 4.24. The number of benzene rings is 1. The van der Waals surface area contributed by atoms with Crippen molar-refractivity contribution in [2.45, 2.75) is 25.3 Å². The van der Waals surface area contributed by atoms with E-state index in [9.17, 15) is 22.0 Å². The minimum absolute atomic E-state index is 0.379. The molecule has 1 saturated heterocycles. The Morgan fingerprint density at radius 1 is 0.789 bits per heavy atom. The molecule has 1 atom stereocenters. The van der Waals surface area contributed by atoms with Gasteiger partial charge in [-0.2, -0.15) is 0 Å². The van der Waals surface area contributed by atoms with Crippen LogP contribution in [0.5, 0.6) is 0 Å². The van der Waals surface area contributed by atoms with Crippen LogP contribution in [0.4, 0.5) is 27.6 Å². The SMILES string of the molecule is Fc1c(F)c(F)c(NC2CCCOCC2)c(F)c1F. The summed E-state index contributed by atoms with van der Waals surface area (Å²) in [5.74, 6) is -9.69. The Morgan fingerprint density at radius 3 is 2.00 bits per heavy atom. The molecule has 1 aromatic rings. The van der Waals surface area contributed by atoms with E-state index in [0.717, 1.165) is 0 Å². The molecule has 1 unspecified atom stereocenters. The third kappa shape index (κ3) is 2.80. The highest BCUT2D eigenvalue weighted by atomic mass is 19.2. The Bertz CT molecular complexity index is 443. The zero-order chi connectivity index (χ0) is 14.0. The fourth-order valence-corrected chi connectivity index (χ4v) is 1.98. The normalized spacial score (nSPS) is 20.2. The molecule has 1 N–H and O–H groups in total. The molecule has 7 heteroatoms. The van der Waals surface area contributed by atoms with Gasteiger partial charge in [-0.1, -0.05) is 0 Å². The smallest absolute Gasteiger partial charge is 0.200 e. The average Bonchev–Trinajstić information content (AvgIpc) is 2.68. The van der Waals surface area contributed by atoms with Crippen LogP contribution in [-0.4, -0.2) is 19.3 Å². The van der Waals surface area contributed by atoms with E-state index < -0.39 is 34.8 Å². The number of hydrogen-bond donors (Lipinski definition) is 1. The summed E-state index contributed by atoms with van der Waals surface area (Å²) >= 11 is 0. The maximum atomic E-state index is 13.4. The highest BCUT2D eigenvalue weighted by Gasteiger charge is 2.27.